The average molecular weight is 360 g/mol. The average Bonchev–Trinajstić information content (AvgIpc) is 2.62. The minimum absolute atomic E-state index is 0.0759. The lowest BCUT2D eigenvalue weighted by molar-refractivity contribution is -0.137. The zero-order chi connectivity index (χ0) is 16.7. The van der Waals surface area contributed by atoms with Gasteiger partial charge in [-0.2, -0.15) is 0 Å². The predicted molar refractivity (Wildman–Crippen MR) is 97.8 cm³/mol. The molecule has 24 heavy (non-hydrogen) atoms. The predicted octanol–water partition coefficient (Wildman–Crippen LogP) is 4.79. The molecule has 0 radical (unpaired) electrons. The van der Waals surface area contributed by atoms with Crippen LogP contribution in [0.3, 0.4) is 0 Å². The number of ketones is 1. The number of benzene rings is 2. The van der Waals surface area contributed by atoms with E-state index < -0.39 is 0 Å². The molecule has 5 rings (SSSR count). The van der Waals surface area contributed by atoms with Crippen molar-refractivity contribution in [2.45, 2.75) is 24.8 Å². The minimum Gasteiger partial charge on any atom is -0.298 e. The van der Waals surface area contributed by atoms with Gasteiger partial charge in [0.1, 0.15) is 0 Å². The molecule has 0 saturated carbocycles. The molecule has 3 heterocycles. The first kappa shape index (κ1) is 16.1. The lowest BCUT2D eigenvalue weighted by atomic mass is 9.73. The van der Waals surface area contributed by atoms with Crippen LogP contribution in [0.5, 0.6) is 0 Å². The molecule has 2 nitrogen and oxygen atoms in total. The van der Waals surface area contributed by atoms with E-state index in [1.165, 1.54) is 0 Å². The fourth-order valence-corrected chi connectivity index (χ4v) is 4.64. The van der Waals surface area contributed by atoms with Gasteiger partial charge in [-0.15, -0.1) is 0 Å². The molecule has 2 bridgehead atoms. The molecule has 2 aromatic rings. The van der Waals surface area contributed by atoms with Crippen LogP contribution in [-0.4, -0.2) is 29.8 Å². The molecular formula is C20H19Cl2NO. The number of carbonyl (C=O) groups excluding carboxylic acids is 1. The number of rotatable bonds is 3. The first-order chi connectivity index (χ1) is 11.7. The van der Waals surface area contributed by atoms with Crippen LogP contribution in [0.15, 0.2) is 48.5 Å². The van der Waals surface area contributed by atoms with Crippen LogP contribution in [-0.2, 0) is 4.79 Å². The lowest BCUT2D eigenvalue weighted by Crippen LogP contribution is -2.57. The molecular weight excluding hydrogens is 341 g/mol. The number of halogens is 2. The van der Waals surface area contributed by atoms with Crippen molar-refractivity contribution in [1.29, 1.82) is 0 Å². The number of Topliss-reactive ketones (excluding diaryl/α,β-unsaturated/α-hetero) is 1. The Hall–Kier alpha value is -1.35. The fraction of sp³-hybridized carbons (Fsp3) is 0.350. The second-order valence-electron chi connectivity index (χ2n) is 6.69. The van der Waals surface area contributed by atoms with Gasteiger partial charge < -0.3 is 0 Å². The van der Waals surface area contributed by atoms with Gasteiger partial charge in [0.15, 0.2) is 5.78 Å². The largest absolute Gasteiger partial charge is 0.298 e. The van der Waals surface area contributed by atoms with E-state index in [1.54, 1.807) is 6.07 Å². The Balaban J connectivity index is 1.85. The lowest BCUT2D eigenvalue weighted by Gasteiger charge is -2.47. The summed E-state index contributed by atoms with van der Waals surface area (Å²) in [6.07, 6.45) is 1.97. The van der Waals surface area contributed by atoms with Crippen molar-refractivity contribution in [3.05, 3.63) is 69.7 Å². The second-order valence-corrected chi connectivity index (χ2v) is 7.47. The maximum Gasteiger partial charge on any atom is 0.154 e. The highest BCUT2D eigenvalue weighted by molar-refractivity contribution is 6.42. The van der Waals surface area contributed by atoms with Crippen molar-refractivity contribution in [2.24, 2.45) is 5.92 Å². The highest BCUT2D eigenvalue weighted by Crippen LogP contribution is 2.43. The maximum atomic E-state index is 13.1. The number of carbonyl (C=O) groups is 1. The first-order valence-corrected chi connectivity index (χ1v) is 9.19. The zero-order valence-corrected chi connectivity index (χ0v) is 14.8. The number of nitrogens with zero attached hydrogens (tertiary/aromatic N) is 1. The first-order valence-electron chi connectivity index (χ1n) is 8.43. The summed E-state index contributed by atoms with van der Waals surface area (Å²) in [7, 11) is 0. The Morgan fingerprint density at radius 2 is 1.67 bits per heavy atom. The van der Waals surface area contributed by atoms with Crippen molar-refractivity contribution in [2.75, 3.05) is 13.1 Å². The molecule has 3 fully saturated rings. The van der Waals surface area contributed by atoms with Gasteiger partial charge in [0.2, 0.25) is 0 Å². The molecule has 0 spiro atoms. The summed E-state index contributed by atoms with van der Waals surface area (Å²) in [5.41, 5.74) is 2.06. The van der Waals surface area contributed by atoms with Crippen molar-refractivity contribution >= 4 is 29.0 Å². The SMILES string of the molecule is O=C1C2CCN(CC2)C1C(c1ccccc1)c1cccc(Cl)c1Cl. The molecule has 124 valence electrons. The third-order valence-corrected chi connectivity index (χ3v) is 6.24. The molecule has 4 heteroatoms. The van der Waals surface area contributed by atoms with Crippen LogP contribution in [0.1, 0.15) is 29.9 Å². The zero-order valence-electron chi connectivity index (χ0n) is 13.3. The quantitative estimate of drug-likeness (QED) is 0.785. The Bertz CT molecular complexity index is 753. The number of hydrogen-bond donors (Lipinski definition) is 0. The minimum atomic E-state index is -0.143. The van der Waals surface area contributed by atoms with E-state index in [9.17, 15) is 4.79 Å². The van der Waals surface area contributed by atoms with E-state index in [4.69, 9.17) is 23.2 Å². The van der Waals surface area contributed by atoms with Gasteiger partial charge in [-0.25, -0.2) is 0 Å². The van der Waals surface area contributed by atoms with E-state index in [0.717, 1.165) is 37.1 Å². The van der Waals surface area contributed by atoms with Gasteiger partial charge in [0.25, 0.3) is 0 Å². The molecule has 0 aromatic heterocycles. The number of fused-ring (bicyclic) bond motifs is 3. The Labute approximate surface area is 152 Å². The third-order valence-electron chi connectivity index (χ3n) is 5.41. The molecule has 2 unspecified atom stereocenters. The molecule has 0 amide bonds. The van der Waals surface area contributed by atoms with Crippen LogP contribution in [0.2, 0.25) is 10.0 Å². The van der Waals surface area contributed by atoms with E-state index in [1.807, 2.05) is 30.3 Å². The Morgan fingerprint density at radius 1 is 0.958 bits per heavy atom. The molecule has 0 aliphatic carbocycles. The van der Waals surface area contributed by atoms with Crippen molar-refractivity contribution < 1.29 is 4.79 Å². The van der Waals surface area contributed by atoms with Crippen LogP contribution in [0.25, 0.3) is 0 Å². The highest BCUT2D eigenvalue weighted by Gasteiger charge is 2.46. The van der Waals surface area contributed by atoms with Crippen LogP contribution >= 0.6 is 23.2 Å². The number of hydrogen-bond acceptors (Lipinski definition) is 2. The smallest absolute Gasteiger partial charge is 0.154 e. The molecule has 3 aliphatic rings. The molecule has 3 aliphatic heterocycles. The fourth-order valence-electron chi connectivity index (χ4n) is 4.21. The number of piperidine rings is 3. The van der Waals surface area contributed by atoms with Crippen LogP contribution < -0.4 is 0 Å². The summed E-state index contributed by atoms with van der Waals surface area (Å²) in [5, 5.41) is 1.10. The van der Waals surface area contributed by atoms with Gasteiger partial charge in [0.05, 0.1) is 16.1 Å². The summed E-state index contributed by atoms with van der Waals surface area (Å²) in [5.74, 6) is 0.481. The van der Waals surface area contributed by atoms with Gasteiger partial charge in [0, 0.05) is 11.8 Å². The maximum absolute atomic E-state index is 13.1. The van der Waals surface area contributed by atoms with Crippen molar-refractivity contribution in [1.82, 2.24) is 4.90 Å². The highest BCUT2D eigenvalue weighted by atomic mass is 35.5. The van der Waals surface area contributed by atoms with Gasteiger partial charge >= 0.3 is 0 Å². The monoisotopic (exact) mass is 359 g/mol. The standard InChI is InChI=1S/C20H19Cl2NO/c21-16-8-4-7-15(18(16)22)17(13-5-2-1-3-6-13)19-20(24)14-9-11-23(19)12-10-14/h1-8,14,17,19H,9-12H2. The van der Waals surface area contributed by atoms with Crippen LogP contribution in [0, 0.1) is 5.92 Å². The third kappa shape index (κ3) is 2.67. The summed E-state index contributed by atoms with van der Waals surface area (Å²) in [6, 6.07) is 15.8. The normalized spacial score (nSPS) is 27.2. The topological polar surface area (TPSA) is 20.3 Å². The van der Waals surface area contributed by atoms with E-state index in [-0.39, 0.29) is 17.9 Å². The summed E-state index contributed by atoms with van der Waals surface area (Å²) in [6.45, 7) is 1.98. The van der Waals surface area contributed by atoms with E-state index in [2.05, 4.69) is 17.0 Å². The van der Waals surface area contributed by atoms with Gasteiger partial charge in [-0.3, -0.25) is 9.69 Å². The summed E-state index contributed by atoms with van der Waals surface area (Å²) in [4.78, 5) is 15.4. The Morgan fingerprint density at radius 3 is 2.33 bits per heavy atom. The second kappa shape index (κ2) is 6.51. The molecule has 2 aromatic carbocycles. The van der Waals surface area contributed by atoms with Crippen LogP contribution in [0.4, 0.5) is 0 Å². The molecule has 2 atom stereocenters. The van der Waals surface area contributed by atoms with Crippen molar-refractivity contribution in [3.8, 4) is 0 Å². The Kier molecular flexibility index (Phi) is 4.38. The van der Waals surface area contributed by atoms with E-state index in [0.29, 0.717) is 15.8 Å². The van der Waals surface area contributed by atoms with Gasteiger partial charge in [-0.1, -0.05) is 65.7 Å². The molecule has 0 N–H and O–H groups in total. The van der Waals surface area contributed by atoms with E-state index >= 15 is 0 Å². The summed E-state index contributed by atoms with van der Waals surface area (Å²) < 4.78 is 0. The summed E-state index contributed by atoms with van der Waals surface area (Å²) >= 11 is 12.8. The molecule has 3 saturated heterocycles. The van der Waals surface area contributed by atoms with Crippen molar-refractivity contribution in [3.63, 3.8) is 0 Å². The van der Waals surface area contributed by atoms with Gasteiger partial charge in [-0.05, 0) is 43.1 Å².